The number of benzene rings is 1. The minimum absolute atomic E-state index is 0.0797. The summed E-state index contributed by atoms with van der Waals surface area (Å²) in [6.45, 7) is 4.98. The summed E-state index contributed by atoms with van der Waals surface area (Å²) < 4.78 is 13.8. The summed E-state index contributed by atoms with van der Waals surface area (Å²) >= 11 is 0. The van der Waals surface area contributed by atoms with Gasteiger partial charge in [0.2, 0.25) is 0 Å². The molecule has 1 atom stereocenters. The monoisotopic (exact) mass is 232 g/mol. The van der Waals surface area contributed by atoms with Crippen molar-refractivity contribution in [3.05, 3.63) is 30.1 Å². The Morgan fingerprint density at radius 2 is 2.18 bits per heavy atom. The van der Waals surface area contributed by atoms with E-state index in [1.807, 2.05) is 12.1 Å². The predicted molar refractivity (Wildman–Crippen MR) is 66.2 cm³/mol. The second kappa shape index (κ2) is 4.37. The Labute approximate surface area is 102 Å². The fourth-order valence-corrected chi connectivity index (χ4v) is 2.75. The zero-order chi connectivity index (χ0) is 12.5. The molecule has 0 aliphatic carbocycles. The molecule has 0 aromatic heterocycles. The molecule has 0 N–H and O–H groups in total. The maximum atomic E-state index is 13.8. The Bertz CT molecular complexity index is 448. The Morgan fingerprint density at radius 3 is 2.82 bits per heavy atom. The van der Waals surface area contributed by atoms with Gasteiger partial charge in [0, 0.05) is 18.5 Å². The number of nitriles is 1. The summed E-state index contributed by atoms with van der Waals surface area (Å²) in [5, 5.41) is 8.77. The second-order valence-corrected chi connectivity index (χ2v) is 5.31. The van der Waals surface area contributed by atoms with Gasteiger partial charge in [-0.2, -0.15) is 5.26 Å². The molecule has 1 heterocycles. The van der Waals surface area contributed by atoms with Crippen molar-refractivity contribution in [2.75, 3.05) is 11.4 Å². The van der Waals surface area contributed by atoms with Gasteiger partial charge in [-0.3, -0.25) is 0 Å². The number of halogens is 1. The highest BCUT2D eigenvalue weighted by Crippen LogP contribution is 2.38. The predicted octanol–water partition coefficient (Wildman–Crippen LogP) is 3.34. The molecule has 1 unspecified atom stereocenters. The normalized spacial score (nSPS) is 22.5. The van der Waals surface area contributed by atoms with Gasteiger partial charge in [0.05, 0.1) is 11.8 Å². The van der Waals surface area contributed by atoms with Crippen molar-refractivity contribution in [3.63, 3.8) is 0 Å². The Morgan fingerprint density at radius 1 is 1.47 bits per heavy atom. The minimum Gasteiger partial charge on any atom is -0.364 e. The maximum absolute atomic E-state index is 13.8. The van der Waals surface area contributed by atoms with E-state index in [4.69, 9.17) is 5.26 Å². The molecule has 0 bridgehead atoms. The van der Waals surface area contributed by atoms with Crippen LogP contribution in [0.1, 0.15) is 26.7 Å². The van der Waals surface area contributed by atoms with Gasteiger partial charge < -0.3 is 4.90 Å². The molecule has 1 aromatic carbocycles. The molecule has 1 fully saturated rings. The SMILES string of the molecule is CC1(C)CC(CC#N)CN1c1ccccc1F. The van der Waals surface area contributed by atoms with E-state index in [1.54, 1.807) is 6.07 Å². The molecule has 0 radical (unpaired) electrons. The van der Waals surface area contributed by atoms with E-state index >= 15 is 0 Å². The zero-order valence-electron chi connectivity index (χ0n) is 10.3. The van der Waals surface area contributed by atoms with Gasteiger partial charge in [-0.15, -0.1) is 0 Å². The third-order valence-corrected chi connectivity index (χ3v) is 3.48. The van der Waals surface area contributed by atoms with E-state index in [-0.39, 0.29) is 11.4 Å². The smallest absolute Gasteiger partial charge is 0.146 e. The van der Waals surface area contributed by atoms with Crippen LogP contribution in [-0.2, 0) is 0 Å². The average Bonchev–Trinajstić information content (AvgIpc) is 2.55. The molecule has 17 heavy (non-hydrogen) atoms. The highest BCUT2D eigenvalue weighted by Gasteiger charge is 2.39. The number of rotatable bonds is 2. The van der Waals surface area contributed by atoms with E-state index in [9.17, 15) is 4.39 Å². The molecular formula is C14H17FN2. The summed E-state index contributed by atoms with van der Waals surface area (Å²) in [5.41, 5.74) is 0.571. The van der Waals surface area contributed by atoms with Crippen LogP contribution in [0.2, 0.25) is 0 Å². The highest BCUT2D eigenvalue weighted by molar-refractivity contribution is 5.51. The van der Waals surface area contributed by atoms with Crippen LogP contribution < -0.4 is 4.90 Å². The topological polar surface area (TPSA) is 27.0 Å². The number of para-hydroxylation sites is 1. The highest BCUT2D eigenvalue weighted by atomic mass is 19.1. The zero-order valence-corrected chi connectivity index (χ0v) is 10.3. The second-order valence-electron chi connectivity index (χ2n) is 5.31. The number of anilines is 1. The van der Waals surface area contributed by atoms with E-state index in [0.717, 1.165) is 13.0 Å². The van der Waals surface area contributed by atoms with E-state index < -0.39 is 0 Å². The Hall–Kier alpha value is -1.56. The molecule has 2 nitrogen and oxygen atoms in total. The molecule has 0 saturated carbocycles. The fraction of sp³-hybridized carbons (Fsp3) is 0.500. The van der Waals surface area contributed by atoms with E-state index in [0.29, 0.717) is 18.0 Å². The molecule has 0 amide bonds. The molecule has 90 valence electrons. The molecular weight excluding hydrogens is 215 g/mol. The van der Waals surface area contributed by atoms with Crippen LogP contribution in [0.25, 0.3) is 0 Å². The van der Waals surface area contributed by atoms with E-state index in [1.165, 1.54) is 6.07 Å². The number of nitrogens with zero attached hydrogens (tertiary/aromatic N) is 2. The Kier molecular flexibility index (Phi) is 3.06. The lowest BCUT2D eigenvalue weighted by atomic mass is 9.94. The van der Waals surface area contributed by atoms with Crippen LogP contribution in [0.5, 0.6) is 0 Å². The largest absolute Gasteiger partial charge is 0.364 e. The van der Waals surface area contributed by atoms with Gasteiger partial charge in [0.1, 0.15) is 5.82 Å². The number of hydrogen-bond donors (Lipinski definition) is 0. The minimum atomic E-state index is -0.182. The van der Waals surface area contributed by atoms with Crippen molar-refractivity contribution < 1.29 is 4.39 Å². The van der Waals surface area contributed by atoms with Crippen molar-refractivity contribution in [2.24, 2.45) is 5.92 Å². The first-order valence-electron chi connectivity index (χ1n) is 5.94. The van der Waals surface area contributed by atoms with Crippen LogP contribution in [0, 0.1) is 23.1 Å². The third kappa shape index (κ3) is 2.26. The van der Waals surface area contributed by atoms with Crippen LogP contribution in [0.15, 0.2) is 24.3 Å². The average molecular weight is 232 g/mol. The molecule has 2 rings (SSSR count). The lowest BCUT2D eigenvalue weighted by molar-refractivity contribution is 0.472. The van der Waals surface area contributed by atoms with Gasteiger partial charge in [-0.1, -0.05) is 12.1 Å². The van der Waals surface area contributed by atoms with Crippen LogP contribution in [0.4, 0.5) is 10.1 Å². The first kappa shape index (κ1) is 11.9. The molecule has 1 aromatic rings. The first-order valence-corrected chi connectivity index (χ1v) is 5.94. The molecule has 3 heteroatoms. The van der Waals surface area contributed by atoms with Gasteiger partial charge in [0.15, 0.2) is 0 Å². The lowest BCUT2D eigenvalue weighted by Crippen LogP contribution is -2.38. The van der Waals surface area contributed by atoms with Gasteiger partial charge in [0.25, 0.3) is 0 Å². The van der Waals surface area contributed by atoms with Crippen LogP contribution in [0.3, 0.4) is 0 Å². The number of hydrogen-bond acceptors (Lipinski definition) is 2. The molecule has 1 aliphatic rings. The van der Waals surface area contributed by atoms with Crippen molar-refractivity contribution in [2.45, 2.75) is 32.2 Å². The third-order valence-electron chi connectivity index (χ3n) is 3.48. The van der Waals surface area contributed by atoms with Gasteiger partial charge in [-0.05, 0) is 38.3 Å². The lowest BCUT2D eigenvalue weighted by Gasteiger charge is -2.33. The molecule has 1 saturated heterocycles. The fourth-order valence-electron chi connectivity index (χ4n) is 2.75. The quantitative estimate of drug-likeness (QED) is 0.782. The van der Waals surface area contributed by atoms with Crippen molar-refractivity contribution in [1.82, 2.24) is 0 Å². The van der Waals surface area contributed by atoms with Gasteiger partial charge in [-0.25, -0.2) is 4.39 Å². The van der Waals surface area contributed by atoms with E-state index in [2.05, 4.69) is 24.8 Å². The summed E-state index contributed by atoms with van der Waals surface area (Å²) in [5.74, 6) is 0.160. The van der Waals surface area contributed by atoms with Crippen LogP contribution >= 0.6 is 0 Å². The van der Waals surface area contributed by atoms with Crippen molar-refractivity contribution >= 4 is 5.69 Å². The summed E-state index contributed by atoms with van der Waals surface area (Å²) in [6, 6.07) is 9.07. The first-order chi connectivity index (χ1) is 8.04. The summed E-state index contributed by atoms with van der Waals surface area (Å²) in [4.78, 5) is 2.09. The molecule has 1 aliphatic heterocycles. The maximum Gasteiger partial charge on any atom is 0.146 e. The Balaban J connectivity index is 2.28. The van der Waals surface area contributed by atoms with Gasteiger partial charge >= 0.3 is 0 Å². The van der Waals surface area contributed by atoms with Crippen LogP contribution in [-0.4, -0.2) is 12.1 Å². The summed E-state index contributed by atoms with van der Waals surface area (Å²) in [6.07, 6.45) is 1.49. The van der Waals surface area contributed by atoms with Crippen molar-refractivity contribution in [3.8, 4) is 6.07 Å². The molecule has 0 spiro atoms. The summed E-state index contributed by atoms with van der Waals surface area (Å²) in [7, 11) is 0. The van der Waals surface area contributed by atoms with Crippen molar-refractivity contribution in [1.29, 1.82) is 5.26 Å². The standard InChI is InChI=1S/C14H17FN2/c1-14(2)9-11(7-8-16)10-17(14)13-6-4-3-5-12(13)15/h3-6,11H,7,9-10H2,1-2H3.